The minimum atomic E-state index is -3.12. The van der Waals surface area contributed by atoms with E-state index in [4.69, 9.17) is 0 Å². The van der Waals surface area contributed by atoms with Crippen LogP contribution in [0, 0.1) is 0 Å². The minimum Gasteiger partial charge on any atom is -0.352 e. The molecule has 1 fully saturated rings. The van der Waals surface area contributed by atoms with Crippen LogP contribution in [0.4, 0.5) is 0 Å². The van der Waals surface area contributed by atoms with E-state index in [1.54, 1.807) is 6.92 Å². The molecule has 1 amide bonds. The summed E-state index contributed by atoms with van der Waals surface area (Å²) in [6.45, 7) is 2.76. The zero-order valence-corrected chi connectivity index (χ0v) is 10.0. The fraction of sp³-hybridized carbons (Fsp3) is 0.889. The van der Waals surface area contributed by atoms with E-state index in [2.05, 4.69) is 5.32 Å². The average Bonchev–Trinajstić information content (AvgIpc) is 2.17. The zero-order valence-electron chi connectivity index (χ0n) is 9.19. The van der Waals surface area contributed by atoms with E-state index < -0.39 is 10.0 Å². The van der Waals surface area contributed by atoms with Gasteiger partial charge in [0.05, 0.1) is 6.26 Å². The quantitative estimate of drug-likeness (QED) is 0.743. The first-order valence-electron chi connectivity index (χ1n) is 5.18. The summed E-state index contributed by atoms with van der Waals surface area (Å²) in [6, 6.07) is -0.0269. The third kappa shape index (κ3) is 3.79. The van der Waals surface area contributed by atoms with Crippen LogP contribution < -0.4 is 5.32 Å². The number of sulfonamides is 1. The largest absolute Gasteiger partial charge is 0.352 e. The molecule has 88 valence electrons. The van der Waals surface area contributed by atoms with Crippen LogP contribution in [0.3, 0.4) is 0 Å². The van der Waals surface area contributed by atoms with E-state index in [-0.39, 0.29) is 11.9 Å². The predicted octanol–water partition coefficient (Wildman–Crippen LogP) is -0.0634. The topological polar surface area (TPSA) is 66.5 Å². The Bertz CT molecular complexity index is 326. The van der Waals surface area contributed by atoms with Crippen molar-refractivity contribution in [1.82, 2.24) is 9.62 Å². The summed E-state index contributed by atoms with van der Waals surface area (Å²) < 4.78 is 24.0. The molecule has 0 unspecified atom stereocenters. The van der Waals surface area contributed by atoms with Crippen molar-refractivity contribution in [2.45, 2.75) is 32.2 Å². The summed E-state index contributed by atoms with van der Waals surface area (Å²) >= 11 is 0. The summed E-state index contributed by atoms with van der Waals surface area (Å²) in [6.07, 6.45) is 3.31. The molecular weight excluding hydrogens is 216 g/mol. The lowest BCUT2D eigenvalue weighted by atomic mass is 10.1. The molecule has 5 nitrogen and oxygen atoms in total. The van der Waals surface area contributed by atoms with Crippen LogP contribution in [0.25, 0.3) is 0 Å². The van der Waals surface area contributed by atoms with Crippen molar-refractivity contribution >= 4 is 15.9 Å². The maximum atomic E-state index is 11.3. The average molecular weight is 234 g/mol. The standard InChI is InChI=1S/C9H18N2O3S/c1-3-9(12)10-8-5-4-6-11(7-8)15(2,13)14/h8H,3-7H2,1-2H3,(H,10,12)/t8-/m0/s1. The number of amides is 1. The monoisotopic (exact) mass is 234 g/mol. The minimum absolute atomic E-state index is 0.0182. The van der Waals surface area contributed by atoms with Gasteiger partial charge >= 0.3 is 0 Å². The Morgan fingerprint density at radius 1 is 1.53 bits per heavy atom. The van der Waals surface area contributed by atoms with Gasteiger partial charge in [0.15, 0.2) is 0 Å². The Balaban J connectivity index is 2.53. The zero-order chi connectivity index (χ0) is 11.5. The second-order valence-corrected chi connectivity index (χ2v) is 5.86. The van der Waals surface area contributed by atoms with Crippen LogP contribution in [0.15, 0.2) is 0 Å². The maximum absolute atomic E-state index is 11.3. The molecular formula is C9H18N2O3S. The van der Waals surface area contributed by atoms with Crippen molar-refractivity contribution in [3.63, 3.8) is 0 Å². The number of carbonyl (C=O) groups excluding carboxylic acids is 1. The number of hydrogen-bond donors (Lipinski definition) is 1. The van der Waals surface area contributed by atoms with Crippen molar-refractivity contribution in [2.24, 2.45) is 0 Å². The molecule has 1 saturated heterocycles. The Morgan fingerprint density at radius 3 is 2.73 bits per heavy atom. The Labute approximate surface area is 90.9 Å². The first-order chi connectivity index (χ1) is 6.93. The second kappa shape index (κ2) is 4.94. The highest BCUT2D eigenvalue weighted by atomic mass is 32.2. The SMILES string of the molecule is CCC(=O)N[C@H]1CCCN(S(C)(=O)=O)C1. The summed E-state index contributed by atoms with van der Waals surface area (Å²) in [5.41, 5.74) is 0. The summed E-state index contributed by atoms with van der Waals surface area (Å²) in [4.78, 5) is 11.2. The number of nitrogens with zero attached hydrogens (tertiary/aromatic N) is 1. The summed E-state index contributed by atoms with van der Waals surface area (Å²) in [5.74, 6) is -0.0182. The van der Waals surface area contributed by atoms with Crippen LogP contribution in [0.5, 0.6) is 0 Å². The fourth-order valence-corrected chi connectivity index (χ4v) is 2.60. The van der Waals surface area contributed by atoms with E-state index in [0.29, 0.717) is 19.5 Å². The van der Waals surface area contributed by atoms with Gasteiger partial charge in [-0.1, -0.05) is 6.92 Å². The lowest BCUT2D eigenvalue weighted by Crippen LogP contribution is -2.49. The Kier molecular flexibility index (Phi) is 4.10. The molecule has 0 aromatic heterocycles. The normalized spacial score (nSPS) is 23.7. The number of hydrogen-bond acceptors (Lipinski definition) is 3. The van der Waals surface area contributed by atoms with Gasteiger partial charge in [0, 0.05) is 25.6 Å². The number of rotatable bonds is 3. The van der Waals surface area contributed by atoms with Crippen LogP contribution in [0.1, 0.15) is 26.2 Å². The molecule has 1 aliphatic rings. The highest BCUT2D eigenvalue weighted by molar-refractivity contribution is 7.88. The van der Waals surface area contributed by atoms with Gasteiger partial charge in [-0.2, -0.15) is 0 Å². The molecule has 1 N–H and O–H groups in total. The Hall–Kier alpha value is -0.620. The lowest BCUT2D eigenvalue weighted by Gasteiger charge is -2.31. The lowest BCUT2D eigenvalue weighted by molar-refractivity contribution is -0.121. The van der Waals surface area contributed by atoms with Gasteiger partial charge in [-0.05, 0) is 12.8 Å². The first-order valence-corrected chi connectivity index (χ1v) is 7.02. The van der Waals surface area contributed by atoms with E-state index >= 15 is 0 Å². The molecule has 1 aliphatic heterocycles. The molecule has 0 bridgehead atoms. The maximum Gasteiger partial charge on any atom is 0.219 e. The van der Waals surface area contributed by atoms with Crippen LogP contribution in [-0.2, 0) is 14.8 Å². The first kappa shape index (κ1) is 12.4. The molecule has 0 saturated carbocycles. The molecule has 6 heteroatoms. The van der Waals surface area contributed by atoms with Crippen molar-refractivity contribution in [2.75, 3.05) is 19.3 Å². The predicted molar refractivity (Wildman–Crippen MR) is 57.9 cm³/mol. The van der Waals surface area contributed by atoms with Crippen molar-refractivity contribution < 1.29 is 13.2 Å². The molecule has 0 aliphatic carbocycles. The summed E-state index contributed by atoms with van der Waals surface area (Å²) in [7, 11) is -3.12. The molecule has 1 atom stereocenters. The number of carbonyl (C=O) groups is 1. The van der Waals surface area contributed by atoms with E-state index in [1.165, 1.54) is 10.6 Å². The molecule has 15 heavy (non-hydrogen) atoms. The van der Waals surface area contributed by atoms with Crippen molar-refractivity contribution in [3.8, 4) is 0 Å². The molecule has 0 aromatic carbocycles. The van der Waals surface area contributed by atoms with Gasteiger partial charge in [-0.15, -0.1) is 0 Å². The van der Waals surface area contributed by atoms with Crippen molar-refractivity contribution in [3.05, 3.63) is 0 Å². The molecule has 1 rings (SSSR count). The smallest absolute Gasteiger partial charge is 0.219 e. The highest BCUT2D eigenvalue weighted by Crippen LogP contribution is 2.12. The second-order valence-electron chi connectivity index (χ2n) is 3.88. The van der Waals surface area contributed by atoms with Gasteiger partial charge in [-0.3, -0.25) is 4.79 Å². The van der Waals surface area contributed by atoms with Crippen LogP contribution in [-0.4, -0.2) is 44.0 Å². The highest BCUT2D eigenvalue weighted by Gasteiger charge is 2.26. The van der Waals surface area contributed by atoms with Gasteiger partial charge < -0.3 is 5.32 Å². The van der Waals surface area contributed by atoms with E-state index in [9.17, 15) is 13.2 Å². The van der Waals surface area contributed by atoms with E-state index in [1.807, 2.05) is 0 Å². The fourth-order valence-electron chi connectivity index (χ4n) is 1.69. The van der Waals surface area contributed by atoms with Crippen LogP contribution >= 0.6 is 0 Å². The van der Waals surface area contributed by atoms with Gasteiger partial charge in [0.2, 0.25) is 15.9 Å². The van der Waals surface area contributed by atoms with Gasteiger partial charge in [0.1, 0.15) is 0 Å². The summed E-state index contributed by atoms with van der Waals surface area (Å²) in [5, 5.41) is 2.83. The third-order valence-corrected chi connectivity index (χ3v) is 3.81. The van der Waals surface area contributed by atoms with Crippen molar-refractivity contribution in [1.29, 1.82) is 0 Å². The van der Waals surface area contributed by atoms with Crippen LogP contribution in [0.2, 0.25) is 0 Å². The van der Waals surface area contributed by atoms with Gasteiger partial charge in [-0.25, -0.2) is 12.7 Å². The molecule has 0 aromatic rings. The number of nitrogens with one attached hydrogen (secondary N) is 1. The molecule has 0 spiro atoms. The third-order valence-electron chi connectivity index (χ3n) is 2.54. The van der Waals surface area contributed by atoms with E-state index in [0.717, 1.165) is 12.8 Å². The number of piperidine rings is 1. The van der Waals surface area contributed by atoms with Gasteiger partial charge in [0.25, 0.3) is 0 Å². The Morgan fingerprint density at radius 2 is 2.20 bits per heavy atom. The molecule has 1 heterocycles. The molecule has 0 radical (unpaired) electrons.